The second kappa shape index (κ2) is 7.79. The molecule has 2 atom stereocenters. The van der Waals surface area contributed by atoms with Crippen LogP contribution in [0.3, 0.4) is 0 Å². The first kappa shape index (κ1) is 19.1. The van der Waals surface area contributed by atoms with Crippen LogP contribution in [-0.2, 0) is 4.79 Å². The van der Waals surface area contributed by atoms with Gasteiger partial charge in [-0.05, 0) is 81.5 Å². The number of hydrogen-bond donors (Lipinski definition) is 1. The molecule has 1 N–H and O–H groups in total. The first-order chi connectivity index (χ1) is 11.2. The van der Waals surface area contributed by atoms with Gasteiger partial charge >= 0.3 is 0 Å². The summed E-state index contributed by atoms with van der Waals surface area (Å²) in [6.45, 7) is 7.80. The van der Waals surface area contributed by atoms with Gasteiger partial charge in [0.25, 0.3) is 0 Å². The van der Waals surface area contributed by atoms with Gasteiger partial charge < -0.3 is 5.32 Å². The van der Waals surface area contributed by atoms with E-state index in [-0.39, 0.29) is 11.8 Å². The van der Waals surface area contributed by atoms with Gasteiger partial charge in [-0.1, -0.05) is 24.3 Å². The lowest BCUT2D eigenvalue weighted by Crippen LogP contribution is -2.22. The van der Waals surface area contributed by atoms with E-state index >= 15 is 0 Å². The number of rotatable bonds is 6. The minimum atomic E-state index is -1.34. The van der Waals surface area contributed by atoms with Crippen LogP contribution in [0.5, 0.6) is 0 Å². The highest BCUT2D eigenvalue weighted by atomic mass is 79.9. The number of benzene rings is 1. The van der Waals surface area contributed by atoms with E-state index < -0.39 is 5.67 Å². The van der Waals surface area contributed by atoms with E-state index in [1.807, 2.05) is 25.1 Å². The van der Waals surface area contributed by atoms with Gasteiger partial charge in [0, 0.05) is 27.5 Å². The number of allylic oxidation sites excluding steroid dienone is 3. The maximum Gasteiger partial charge on any atom is 0.244 e. The molecule has 1 saturated carbocycles. The van der Waals surface area contributed by atoms with Crippen LogP contribution in [0.2, 0.25) is 0 Å². The Morgan fingerprint density at radius 1 is 1.42 bits per heavy atom. The molecule has 0 bridgehead atoms. The van der Waals surface area contributed by atoms with Gasteiger partial charge in [0.15, 0.2) is 0 Å². The number of nitrogens with one attached hydrogen (secondary N) is 1. The van der Waals surface area contributed by atoms with Gasteiger partial charge in [-0.3, -0.25) is 4.79 Å². The molecule has 0 spiro atoms. The average Bonchev–Trinajstić information content (AvgIpc) is 3.18. The quantitative estimate of drug-likeness (QED) is 0.336. The van der Waals surface area contributed by atoms with Crippen molar-refractivity contribution in [3.8, 4) is 0 Å². The van der Waals surface area contributed by atoms with Gasteiger partial charge in [-0.2, -0.15) is 0 Å². The molecule has 0 aromatic heterocycles. The molecular formula is C19H20Br2FNO. The van der Waals surface area contributed by atoms with Crippen molar-refractivity contribution in [3.05, 3.63) is 68.7 Å². The summed E-state index contributed by atoms with van der Waals surface area (Å²) in [5.74, 6) is -0.333. The lowest BCUT2D eigenvalue weighted by atomic mass is 10.1. The normalized spacial score (nSPS) is 23.4. The van der Waals surface area contributed by atoms with Crippen molar-refractivity contribution in [2.45, 2.75) is 31.9 Å². The second-order valence-electron chi connectivity index (χ2n) is 6.25. The van der Waals surface area contributed by atoms with Crippen LogP contribution in [0.4, 0.5) is 4.39 Å². The second-order valence-corrected chi connectivity index (χ2v) is 7.96. The van der Waals surface area contributed by atoms with Crippen LogP contribution in [0.25, 0.3) is 0 Å². The Labute approximate surface area is 159 Å². The summed E-state index contributed by atoms with van der Waals surface area (Å²) in [6.07, 6.45) is 5.17. The summed E-state index contributed by atoms with van der Waals surface area (Å²) in [4.78, 5) is 11.7. The third kappa shape index (κ3) is 5.15. The number of carbonyl (C=O) groups excluding carboxylic acids is 1. The van der Waals surface area contributed by atoms with E-state index in [1.54, 1.807) is 19.1 Å². The Kier molecular flexibility index (Phi) is 6.21. The Morgan fingerprint density at radius 2 is 2.12 bits per heavy atom. The number of halogens is 3. The summed E-state index contributed by atoms with van der Waals surface area (Å²) in [5, 5.41) is 2.72. The fraction of sp³-hybridized carbons (Fsp3) is 0.316. The number of alkyl halides is 1. The Balaban J connectivity index is 1.97. The molecule has 0 unspecified atom stereocenters. The molecule has 0 radical (unpaired) electrons. The highest BCUT2D eigenvalue weighted by Gasteiger charge is 2.54. The smallest absolute Gasteiger partial charge is 0.244 e. The zero-order chi connectivity index (χ0) is 17.9. The summed E-state index contributed by atoms with van der Waals surface area (Å²) in [7, 11) is 0. The standard InChI is InChI=1S/C19H20Br2FNO/c1-12(2)11-23-18(24)8-13(3)6-7-19(22)10-15(19)14-4-5-16(20)17(21)9-14/h4-9,15H,1,10-11H2,2-3H3,(H,23,24)/b7-6+,13-8+/t15-,19-/m1/s1. The van der Waals surface area contributed by atoms with Crippen LogP contribution in [0, 0.1) is 0 Å². The van der Waals surface area contributed by atoms with Crippen molar-refractivity contribution in [2.75, 3.05) is 6.54 Å². The molecule has 128 valence electrons. The summed E-state index contributed by atoms with van der Waals surface area (Å²) >= 11 is 6.86. The summed E-state index contributed by atoms with van der Waals surface area (Å²) in [6, 6.07) is 5.79. The molecule has 1 fully saturated rings. The maximum absolute atomic E-state index is 14.8. The van der Waals surface area contributed by atoms with Crippen LogP contribution in [0.15, 0.2) is 63.1 Å². The predicted molar refractivity (Wildman–Crippen MR) is 104 cm³/mol. The highest BCUT2D eigenvalue weighted by Crippen LogP contribution is 2.56. The van der Waals surface area contributed by atoms with Crippen molar-refractivity contribution in [3.63, 3.8) is 0 Å². The van der Waals surface area contributed by atoms with Crippen LogP contribution in [-0.4, -0.2) is 18.1 Å². The molecule has 5 heteroatoms. The largest absolute Gasteiger partial charge is 0.349 e. The van der Waals surface area contributed by atoms with E-state index in [1.165, 1.54) is 6.08 Å². The first-order valence-electron chi connectivity index (χ1n) is 7.65. The van der Waals surface area contributed by atoms with Gasteiger partial charge in [-0.25, -0.2) is 4.39 Å². The van der Waals surface area contributed by atoms with Crippen molar-refractivity contribution in [1.82, 2.24) is 5.32 Å². The fourth-order valence-electron chi connectivity index (χ4n) is 2.38. The molecule has 1 amide bonds. The topological polar surface area (TPSA) is 29.1 Å². The van der Waals surface area contributed by atoms with E-state index in [4.69, 9.17) is 0 Å². The maximum atomic E-state index is 14.8. The molecule has 24 heavy (non-hydrogen) atoms. The molecule has 1 aromatic rings. The molecule has 2 rings (SSSR count). The van der Waals surface area contributed by atoms with Gasteiger partial charge in [-0.15, -0.1) is 0 Å². The number of amides is 1. The average molecular weight is 457 g/mol. The van der Waals surface area contributed by atoms with Crippen molar-refractivity contribution < 1.29 is 9.18 Å². The third-order valence-corrected chi connectivity index (χ3v) is 5.71. The zero-order valence-electron chi connectivity index (χ0n) is 13.7. The molecular weight excluding hydrogens is 437 g/mol. The molecule has 1 aliphatic carbocycles. The van der Waals surface area contributed by atoms with Gasteiger partial charge in [0.1, 0.15) is 5.67 Å². The highest BCUT2D eigenvalue weighted by molar-refractivity contribution is 9.13. The first-order valence-corrected chi connectivity index (χ1v) is 9.23. The van der Waals surface area contributed by atoms with Crippen molar-refractivity contribution >= 4 is 37.8 Å². The van der Waals surface area contributed by atoms with E-state index in [9.17, 15) is 9.18 Å². The van der Waals surface area contributed by atoms with E-state index in [0.717, 1.165) is 20.1 Å². The van der Waals surface area contributed by atoms with Crippen molar-refractivity contribution in [2.24, 2.45) is 0 Å². The van der Waals surface area contributed by atoms with Crippen LogP contribution in [0.1, 0.15) is 31.7 Å². The number of hydrogen-bond acceptors (Lipinski definition) is 1. The Morgan fingerprint density at radius 3 is 2.75 bits per heavy atom. The lowest BCUT2D eigenvalue weighted by Gasteiger charge is -2.05. The Bertz CT molecular complexity index is 726. The predicted octanol–water partition coefficient (Wildman–Crippen LogP) is 5.60. The lowest BCUT2D eigenvalue weighted by molar-refractivity contribution is -0.116. The fourth-order valence-corrected chi connectivity index (χ4v) is 3.02. The number of carbonyl (C=O) groups is 1. The van der Waals surface area contributed by atoms with Crippen molar-refractivity contribution in [1.29, 1.82) is 0 Å². The summed E-state index contributed by atoms with van der Waals surface area (Å²) < 4.78 is 16.7. The van der Waals surface area contributed by atoms with Crippen LogP contribution >= 0.6 is 31.9 Å². The molecule has 1 aliphatic rings. The van der Waals surface area contributed by atoms with Crippen LogP contribution < -0.4 is 5.32 Å². The molecule has 0 aliphatic heterocycles. The molecule has 0 heterocycles. The van der Waals surface area contributed by atoms with E-state index in [0.29, 0.717) is 18.5 Å². The third-order valence-electron chi connectivity index (χ3n) is 3.83. The monoisotopic (exact) mass is 455 g/mol. The minimum absolute atomic E-state index is 0.136. The summed E-state index contributed by atoms with van der Waals surface area (Å²) in [5.41, 5.74) is 1.23. The minimum Gasteiger partial charge on any atom is -0.349 e. The Hall–Kier alpha value is -1.20. The van der Waals surface area contributed by atoms with Gasteiger partial charge in [0.05, 0.1) is 0 Å². The molecule has 0 saturated heterocycles. The molecule has 1 aromatic carbocycles. The zero-order valence-corrected chi connectivity index (χ0v) is 16.9. The van der Waals surface area contributed by atoms with Gasteiger partial charge in [0.2, 0.25) is 5.91 Å². The SMILES string of the molecule is C=C(C)CNC(=O)/C=C(C)/C=C/[C@@]1(F)C[C@@H]1c1ccc(Br)c(Br)c1. The molecule has 2 nitrogen and oxygen atoms in total. The van der Waals surface area contributed by atoms with E-state index in [2.05, 4.69) is 43.8 Å².